The average molecular weight is 339 g/mol. The third kappa shape index (κ3) is 4.06. The largest absolute Gasteiger partial charge is 0.399 e. The maximum atomic E-state index is 5.77. The van der Waals surface area contributed by atoms with E-state index in [0.717, 1.165) is 23.1 Å². The molecule has 2 nitrogen and oxygen atoms in total. The van der Waals surface area contributed by atoms with Gasteiger partial charge in [0, 0.05) is 27.6 Å². The molecule has 1 atom stereocenters. The predicted molar refractivity (Wildman–Crippen MR) is 87.5 cm³/mol. The molecule has 1 aromatic heterocycles. The van der Waals surface area contributed by atoms with E-state index in [1.807, 2.05) is 23.5 Å². The van der Waals surface area contributed by atoms with Crippen LogP contribution in [0.5, 0.6) is 0 Å². The lowest BCUT2D eigenvalue weighted by atomic mass is 10.1. The molecule has 102 valence electrons. The summed E-state index contributed by atoms with van der Waals surface area (Å²) >= 11 is 5.41. The van der Waals surface area contributed by atoms with Gasteiger partial charge >= 0.3 is 0 Å². The lowest BCUT2D eigenvalue weighted by molar-refractivity contribution is 0.248. The van der Waals surface area contributed by atoms with Gasteiger partial charge in [0.05, 0.1) is 0 Å². The van der Waals surface area contributed by atoms with Gasteiger partial charge in [0.2, 0.25) is 0 Å². The fourth-order valence-corrected chi connectivity index (χ4v) is 3.34. The Labute approximate surface area is 127 Å². The van der Waals surface area contributed by atoms with Crippen LogP contribution in [-0.4, -0.2) is 18.0 Å². The summed E-state index contributed by atoms with van der Waals surface area (Å²) in [7, 11) is 2.17. The van der Waals surface area contributed by atoms with Gasteiger partial charge in [-0.1, -0.05) is 28.1 Å². The topological polar surface area (TPSA) is 29.3 Å². The Bertz CT molecular complexity index is 525. The number of benzene rings is 1. The highest BCUT2D eigenvalue weighted by Crippen LogP contribution is 2.22. The van der Waals surface area contributed by atoms with E-state index in [1.165, 1.54) is 10.4 Å². The number of nitrogens with two attached hydrogens (primary N) is 1. The molecule has 1 heterocycles. The smallest absolute Gasteiger partial charge is 0.0325 e. The van der Waals surface area contributed by atoms with Crippen LogP contribution in [0.25, 0.3) is 0 Å². The molecule has 2 rings (SSSR count). The van der Waals surface area contributed by atoms with Crippen molar-refractivity contribution in [2.45, 2.75) is 25.9 Å². The van der Waals surface area contributed by atoms with Crippen molar-refractivity contribution in [1.82, 2.24) is 4.90 Å². The summed E-state index contributed by atoms with van der Waals surface area (Å²) in [6.07, 6.45) is 1.10. The number of nitrogen functional groups attached to an aromatic ring is 1. The van der Waals surface area contributed by atoms with Crippen molar-refractivity contribution in [2.75, 3.05) is 12.8 Å². The SMILES string of the molecule is CC(Cc1cccs1)N(C)Cc1ccc(N)cc1Br. The number of rotatable bonds is 5. The fourth-order valence-electron chi connectivity index (χ4n) is 1.99. The molecule has 19 heavy (non-hydrogen) atoms. The Balaban J connectivity index is 1.98. The monoisotopic (exact) mass is 338 g/mol. The van der Waals surface area contributed by atoms with E-state index in [9.17, 15) is 0 Å². The minimum Gasteiger partial charge on any atom is -0.399 e. The maximum absolute atomic E-state index is 5.77. The first-order valence-electron chi connectivity index (χ1n) is 6.33. The molecule has 0 fully saturated rings. The van der Waals surface area contributed by atoms with Crippen molar-refractivity contribution < 1.29 is 0 Å². The molecule has 1 unspecified atom stereocenters. The number of halogens is 1. The summed E-state index contributed by atoms with van der Waals surface area (Å²) in [5.41, 5.74) is 7.84. The Morgan fingerprint density at radius 2 is 2.16 bits per heavy atom. The van der Waals surface area contributed by atoms with E-state index in [4.69, 9.17) is 5.73 Å². The first-order chi connectivity index (χ1) is 9.06. The standard InChI is InChI=1S/C15H19BrN2S/c1-11(8-14-4-3-7-19-14)18(2)10-12-5-6-13(17)9-15(12)16/h3-7,9,11H,8,10,17H2,1-2H3. The predicted octanol–water partition coefficient (Wildman–Crippen LogP) is 4.16. The van der Waals surface area contributed by atoms with Crippen molar-refractivity contribution in [3.63, 3.8) is 0 Å². The van der Waals surface area contributed by atoms with E-state index in [1.54, 1.807) is 0 Å². The molecule has 0 aliphatic heterocycles. The molecule has 0 saturated heterocycles. The average Bonchev–Trinajstić information content (AvgIpc) is 2.85. The molecule has 0 aliphatic carbocycles. The Kier molecular flexibility index (Phi) is 5.02. The van der Waals surface area contributed by atoms with Gasteiger partial charge in [0.25, 0.3) is 0 Å². The number of anilines is 1. The Morgan fingerprint density at radius 3 is 2.79 bits per heavy atom. The summed E-state index contributed by atoms with van der Waals surface area (Å²) in [5, 5.41) is 2.14. The summed E-state index contributed by atoms with van der Waals surface area (Å²) in [6, 6.07) is 10.8. The summed E-state index contributed by atoms with van der Waals surface area (Å²) in [5.74, 6) is 0. The van der Waals surface area contributed by atoms with Crippen molar-refractivity contribution in [2.24, 2.45) is 0 Å². The third-order valence-electron chi connectivity index (χ3n) is 3.33. The van der Waals surface area contributed by atoms with Crippen LogP contribution in [0, 0.1) is 0 Å². The highest BCUT2D eigenvalue weighted by molar-refractivity contribution is 9.10. The van der Waals surface area contributed by atoms with Crippen LogP contribution in [0.4, 0.5) is 5.69 Å². The molecular weight excluding hydrogens is 320 g/mol. The molecule has 0 spiro atoms. The lowest BCUT2D eigenvalue weighted by Gasteiger charge is -2.25. The molecule has 1 aromatic carbocycles. The van der Waals surface area contributed by atoms with Crippen LogP contribution in [0.2, 0.25) is 0 Å². The zero-order chi connectivity index (χ0) is 13.8. The van der Waals surface area contributed by atoms with Gasteiger partial charge in [-0.2, -0.15) is 0 Å². The van der Waals surface area contributed by atoms with Crippen LogP contribution < -0.4 is 5.73 Å². The van der Waals surface area contributed by atoms with Gasteiger partial charge in [-0.05, 0) is 49.5 Å². The van der Waals surface area contributed by atoms with E-state index in [0.29, 0.717) is 6.04 Å². The Hall–Kier alpha value is -0.840. The van der Waals surface area contributed by atoms with Crippen LogP contribution in [0.1, 0.15) is 17.4 Å². The Morgan fingerprint density at radius 1 is 1.37 bits per heavy atom. The van der Waals surface area contributed by atoms with E-state index in [2.05, 4.69) is 58.4 Å². The quantitative estimate of drug-likeness (QED) is 0.829. The van der Waals surface area contributed by atoms with E-state index >= 15 is 0 Å². The van der Waals surface area contributed by atoms with Gasteiger partial charge in [-0.25, -0.2) is 0 Å². The van der Waals surface area contributed by atoms with Crippen LogP contribution in [0.3, 0.4) is 0 Å². The number of likely N-dealkylation sites (N-methyl/N-ethyl adjacent to an activating group) is 1. The van der Waals surface area contributed by atoms with Gasteiger partial charge in [0.1, 0.15) is 0 Å². The number of thiophene rings is 1. The molecule has 2 aromatic rings. The molecular formula is C15H19BrN2S. The van der Waals surface area contributed by atoms with E-state index < -0.39 is 0 Å². The van der Waals surface area contributed by atoms with E-state index in [-0.39, 0.29) is 0 Å². The third-order valence-corrected chi connectivity index (χ3v) is 4.96. The van der Waals surface area contributed by atoms with Crippen molar-refractivity contribution in [1.29, 1.82) is 0 Å². The van der Waals surface area contributed by atoms with Crippen LogP contribution in [-0.2, 0) is 13.0 Å². The first-order valence-corrected chi connectivity index (χ1v) is 8.00. The molecule has 0 amide bonds. The maximum Gasteiger partial charge on any atom is 0.0325 e. The summed E-state index contributed by atoms with van der Waals surface area (Å²) in [6.45, 7) is 3.19. The molecule has 0 radical (unpaired) electrons. The molecule has 0 aliphatic rings. The van der Waals surface area contributed by atoms with Gasteiger partial charge in [0.15, 0.2) is 0 Å². The minimum absolute atomic E-state index is 0.517. The second-order valence-corrected chi connectivity index (χ2v) is 6.79. The lowest BCUT2D eigenvalue weighted by Crippen LogP contribution is -2.30. The summed E-state index contributed by atoms with van der Waals surface area (Å²) < 4.78 is 1.09. The highest BCUT2D eigenvalue weighted by Gasteiger charge is 2.12. The molecule has 0 saturated carbocycles. The molecule has 4 heteroatoms. The van der Waals surface area contributed by atoms with Crippen molar-refractivity contribution in [3.05, 3.63) is 50.6 Å². The van der Waals surface area contributed by atoms with Gasteiger partial charge in [-0.3, -0.25) is 4.90 Å². The van der Waals surface area contributed by atoms with Crippen molar-refractivity contribution in [3.8, 4) is 0 Å². The van der Waals surface area contributed by atoms with Crippen molar-refractivity contribution >= 4 is 33.0 Å². The van der Waals surface area contributed by atoms with Crippen LogP contribution in [0.15, 0.2) is 40.2 Å². The molecule has 2 N–H and O–H groups in total. The minimum atomic E-state index is 0.517. The first kappa shape index (κ1) is 14.6. The number of hydrogen-bond acceptors (Lipinski definition) is 3. The molecule has 0 bridgehead atoms. The summed E-state index contributed by atoms with van der Waals surface area (Å²) in [4.78, 5) is 3.81. The van der Waals surface area contributed by atoms with Gasteiger partial charge in [-0.15, -0.1) is 11.3 Å². The second-order valence-electron chi connectivity index (χ2n) is 4.90. The number of nitrogens with zero attached hydrogens (tertiary/aromatic N) is 1. The second kappa shape index (κ2) is 6.55. The zero-order valence-electron chi connectivity index (χ0n) is 11.3. The highest BCUT2D eigenvalue weighted by atomic mass is 79.9. The zero-order valence-corrected chi connectivity index (χ0v) is 13.7. The van der Waals surface area contributed by atoms with Crippen LogP contribution >= 0.6 is 27.3 Å². The number of hydrogen-bond donors (Lipinski definition) is 1. The normalized spacial score (nSPS) is 12.8. The van der Waals surface area contributed by atoms with Gasteiger partial charge < -0.3 is 5.73 Å². The fraction of sp³-hybridized carbons (Fsp3) is 0.333.